The number of hydrogen-bond acceptors (Lipinski definition) is 2. The lowest BCUT2D eigenvalue weighted by Gasteiger charge is -2.16. The monoisotopic (exact) mass is 668 g/mol. The molecule has 0 aromatic heterocycles. The van der Waals surface area contributed by atoms with Gasteiger partial charge in [0.2, 0.25) is 11.9 Å². The van der Waals surface area contributed by atoms with E-state index in [0.717, 1.165) is 22.0 Å². The number of hydrogen-bond donors (Lipinski definition) is 4. The fourth-order valence-corrected chi connectivity index (χ4v) is 4.47. The third-order valence-corrected chi connectivity index (χ3v) is 7.08. The highest BCUT2D eigenvalue weighted by Gasteiger charge is 2.39. The van der Waals surface area contributed by atoms with E-state index in [0.29, 0.717) is 19.5 Å². The lowest BCUT2D eigenvalue weighted by molar-refractivity contribution is 0.0168. The quantitative estimate of drug-likeness (QED) is 0.210. The van der Waals surface area contributed by atoms with E-state index in [1.54, 1.807) is 0 Å². The SMILES string of the molecule is NC(=NCCc1ccc(Br)cc1)N=C(N)N1CCC(F)(F)C1.NC(=NCCc1ccccc1)N=C(N)N1CCC(F)(F)C1. The minimum atomic E-state index is -2.71. The molecule has 2 aliphatic heterocycles. The first kappa shape index (κ1) is 33.6. The van der Waals surface area contributed by atoms with Gasteiger partial charge in [0, 0.05) is 43.5 Å². The summed E-state index contributed by atoms with van der Waals surface area (Å²) in [6.45, 7) is 0.450. The molecule has 0 bridgehead atoms. The minimum absolute atomic E-state index is 0.00447. The summed E-state index contributed by atoms with van der Waals surface area (Å²) >= 11 is 3.37. The molecule has 0 spiro atoms. The molecule has 4 rings (SSSR count). The van der Waals surface area contributed by atoms with Crippen LogP contribution in [-0.4, -0.2) is 84.8 Å². The fraction of sp³-hybridized carbons (Fsp3) is 0.429. The Labute approximate surface area is 256 Å². The van der Waals surface area contributed by atoms with Gasteiger partial charge in [-0.2, -0.15) is 9.98 Å². The Morgan fingerprint density at radius 2 is 1.09 bits per heavy atom. The van der Waals surface area contributed by atoms with Crippen molar-refractivity contribution in [2.24, 2.45) is 42.9 Å². The van der Waals surface area contributed by atoms with E-state index >= 15 is 0 Å². The first-order valence-electron chi connectivity index (χ1n) is 13.6. The first-order chi connectivity index (χ1) is 20.3. The zero-order valence-corrected chi connectivity index (χ0v) is 25.2. The summed E-state index contributed by atoms with van der Waals surface area (Å²) in [5, 5.41) is 0. The maximum atomic E-state index is 13.1. The topological polar surface area (TPSA) is 160 Å². The van der Waals surface area contributed by atoms with Crippen molar-refractivity contribution in [3.8, 4) is 0 Å². The summed E-state index contributed by atoms with van der Waals surface area (Å²) < 4.78 is 53.3. The van der Waals surface area contributed by atoms with Crippen LogP contribution in [0.2, 0.25) is 0 Å². The zero-order valence-electron chi connectivity index (χ0n) is 23.6. The van der Waals surface area contributed by atoms with Crippen molar-refractivity contribution in [1.82, 2.24) is 9.80 Å². The van der Waals surface area contributed by atoms with Gasteiger partial charge in [0.25, 0.3) is 11.8 Å². The van der Waals surface area contributed by atoms with Gasteiger partial charge in [0.05, 0.1) is 13.1 Å². The molecule has 2 aromatic carbocycles. The van der Waals surface area contributed by atoms with Crippen LogP contribution in [0.5, 0.6) is 0 Å². The van der Waals surface area contributed by atoms with Gasteiger partial charge < -0.3 is 32.7 Å². The van der Waals surface area contributed by atoms with Crippen molar-refractivity contribution in [1.29, 1.82) is 0 Å². The van der Waals surface area contributed by atoms with Crippen molar-refractivity contribution in [2.75, 3.05) is 39.3 Å². The standard InChI is InChI=1S/C14H18BrF2N5.C14H19F2N5/c15-11-3-1-10(2-4-11)5-7-20-12(18)21-13(19)22-8-6-14(16,17)9-22;15-14(16)7-9-21(10-14)13(18)20-12(17)19-8-6-11-4-2-1-3-5-11/h1-4H,5-9H2,(H4,18,19,20,21);1-5H,6-10H2,(H4,17,18,19,20). The number of nitrogens with two attached hydrogens (primary N) is 4. The number of rotatable bonds is 6. The van der Waals surface area contributed by atoms with Crippen LogP contribution in [0.3, 0.4) is 0 Å². The molecular weight excluding hydrogens is 632 g/mol. The van der Waals surface area contributed by atoms with Gasteiger partial charge in [-0.3, -0.25) is 9.98 Å². The van der Waals surface area contributed by atoms with Gasteiger partial charge in [-0.05, 0) is 36.1 Å². The van der Waals surface area contributed by atoms with E-state index in [2.05, 4.69) is 35.9 Å². The second-order valence-corrected chi connectivity index (χ2v) is 11.0. The molecule has 0 saturated carbocycles. The van der Waals surface area contributed by atoms with E-state index in [4.69, 9.17) is 22.9 Å². The molecule has 43 heavy (non-hydrogen) atoms. The molecule has 0 aliphatic carbocycles. The Morgan fingerprint density at radius 1 is 0.674 bits per heavy atom. The van der Waals surface area contributed by atoms with E-state index in [9.17, 15) is 17.6 Å². The van der Waals surface area contributed by atoms with Gasteiger partial charge in [-0.15, -0.1) is 0 Å². The van der Waals surface area contributed by atoms with Crippen LogP contribution in [0.25, 0.3) is 0 Å². The summed E-state index contributed by atoms with van der Waals surface area (Å²) in [4.78, 5) is 18.6. The van der Waals surface area contributed by atoms with Crippen molar-refractivity contribution in [3.05, 3.63) is 70.2 Å². The summed E-state index contributed by atoms with van der Waals surface area (Å²) in [5.74, 6) is -5.42. The normalized spacial score (nSPS) is 18.9. The Hall–Kier alpha value is -3.88. The van der Waals surface area contributed by atoms with Gasteiger partial charge in [-0.1, -0.05) is 58.4 Å². The minimum Gasteiger partial charge on any atom is -0.369 e. The average Bonchev–Trinajstić information content (AvgIpc) is 3.51. The number of likely N-dealkylation sites (tertiary alicyclic amines) is 2. The molecule has 2 saturated heterocycles. The number of aliphatic imine (C=N–C) groups is 4. The van der Waals surface area contributed by atoms with Crippen LogP contribution in [0.4, 0.5) is 17.6 Å². The van der Waals surface area contributed by atoms with Crippen LogP contribution >= 0.6 is 15.9 Å². The van der Waals surface area contributed by atoms with Crippen LogP contribution < -0.4 is 22.9 Å². The second kappa shape index (κ2) is 15.5. The van der Waals surface area contributed by atoms with Gasteiger partial charge >= 0.3 is 0 Å². The van der Waals surface area contributed by atoms with Crippen LogP contribution in [0.15, 0.2) is 79.0 Å². The lowest BCUT2D eigenvalue weighted by atomic mass is 10.2. The summed E-state index contributed by atoms with van der Waals surface area (Å²) in [7, 11) is 0. The molecule has 2 fully saturated rings. The van der Waals surface area contributed by atoms with Crippen LogP contribution in [0.1, 0.15) is 24.0 Å². The maximum Gasteiger partial charge on any atom is 0.267 e. The molecule has 0 unspecified atom stereocenters. The van der Waals surface area contributed by atoms with E-state index in [1.807, 2.05) is 54.6 Å². The van der Waals surface area contributed by atoms with Crippen LogP contribution in [-0.2, 0) is 12.8 Å². The first-order valence-corrected chi connectivity index (χ1v) is 14.4. The highest BCUT2D eigenvalue weighted by molar-refractivity contribution is 9.10. The summed E-state index contributed by atoms with van der Waals surface area (Å²) in [6, 6.07) is 17.7. The van der Waals surface area contributed by atoms with E-state index in [-0.39, 0.29) is 49.8 Å². The maximum absolute atomic E-state index is 13.1. The molecule has 0 amide bonds. The number of halogens is 5. The molecule has 8 N–H and O–H groups in total. The molecule has 10 nitrogen and oxygen atoms in total. The molecule has 2 aromatic rings. The highest BCUT2D eigenvalue weighted by atomic mass is 79.9. The Balaban J connectivity index is 0.000000236. The molecule has 234 valence electrons. The van der Waals surface area contributed by atoms with E-state index in [1.165, 1.54) is 9.80 Å². The average molecular weight is 670 g/mol. The van der Waals surface area contributed by atoms with Gasteiger partial charge in [-0.25, -0.2) is 17.6 Å². The third kappa shape index (κ3) is 12.1. The predicted octanol–water partition coefficient (Wildman–Crippen LogP) is 3.16. The molecular formula is C28H37BrF4N10. The lowest BCUT2D eigenvalue weighted by Crippen LogP contribution is -2.38. The van der Waals surface area contributed by atoms with Crippen molar-refractivity contribution >= 4 is 39.8 Å². The largest absolute Gasteiger partial charge is 0.369 e. The number of benzene rings is 2. The highest BCUT2D eigenvalue weighted by Crippen LogP contribution is 2.27. The Kier molecular flexibility index (Phi) is 12.2. The Bertz CT molecular complexity index is 1300. The van der Waals surface area contributed by atoms with Gasteiger partial charge in [0.15, 0.2) is 11.9 Å². The summed E-state index contributed by atoms with van der Waals surface area (Å²) in [6.07, 6.45) is 1.02. The van der Waals surface area contributed by atoms with E-state index < -0.39 is 24.9 Å². The van der Waals surface area contributed by atoms with Crippen molar-refractivity contribution in [3.63, 3.8) is 0 Å². The molecule has 0 radical (unpaired) electrons. The predicted molar refractivity (Wildman–Crippen MR) is 166 cm³/mol. The number of guanidine groups is 4. The zero-order chi connectivity index (χ0) is 31.5. The fourth-order valence-electron chi connectivity index (χ4n) is 4.20. The third-order valence-electron chi connectivity index (χ3n) is 6.55. The number of alkyl halides is 4. The number of nitrogens with zero attached hydrogens (tertiary/aromatic N) is 6. The molecule has 0 atom stereocenters. The van der Waals surface area contributed by atoms with Crippen LogP contribution in [0, 0.1) is 0 Å². The summed E-state index contributed by atoms with van der Waals surface area (Å²) in [5.41, 5.74) is 24.9. The molecule has 15 heteroatoms. The molecule has 2 aliphatic rings. The van der Waals surface area contributed by atoms with Crippen molar-refractivity contribution in [2.45, 2.75) is 37.5 Å². The van der Waals surface area contributed by atoms with Crippen molar-refractivity contribution < 1.29 is 17.6 Å². The van der Waals surface area contributed by atoms with Gasteiger partial charge in [0.1, 0.15) is 0 Å². The smallest absolute Gasteiger partial charge is 0.267 e. The Morgan fingerprint density at radius 3 is 1.49 bits per heavy atom. The second-order valence-electron chi connectivity index (χ2n) is 10.1. The molecule has 2 heterocycles.